The van der Waals surface area contributed by atoms with Gasteiger partial charge < -0.3 is 0 Å². The van der Waals surface area contributed by atoms with Gasteiger partial charge in [-0.1, -0.05) is 278 Å². The van der Waals surface area contributed by atoms with Gasteiger partial charge in [0.1, 0.15) is 5.82 Å². The number of nitrogens with zero attached hydrogens (tertiary/aromatic N) is 5. The number of hydrogen-bond acceptors (Lipinski definition) is 5. The molecule has 0 saturated carbocycles. The summed E-state index contributed by atoms with van der Waals surface area (Å²) in [6.07, 6.45) is 14.6. The van der Waals surface area contributed by atoms with Crippen molar-refractivity contribution in [2.45, 2.75) is 55.4 Å². The predicted octanol–water partition coefficient (Wildman–Crippen LogP) is 25.4. The van der Waals surface area contributed by atoms with Crippen molar-refractivity contribution in [3.05, 3.63) is 428 Å². The zero-order valence-electron chi connectivity index (χ0n) is 58.9. The highest BCUT2D eigenvalue weighted by atomic mass is 19.1. The van der Waals surface area contributed by atoms with Crippen LogP contribution in [0.5, 0.6) is 0 Å². The minimum Gasteiger partial charge on any atom is -0.264 e. The Labute approximate surface area is 597 Å². The molecule has 0 aliphatic rings. The monoisotopic (exact) mass is 1320 g/mol. The van der Waals surface area contributed by atoms with E-state index in [9.17, 15) is 4.39 Å². The van der Waals surface area contributed by atoms with E-state index in [-0.39, 0.29) is 5.82 Å². The van der Waals surface area contributed by atoms with Gasteiger partial charge in [-0.2, -0.15) is 0 Å². The summed E-state index contributed by atoms with van der Waals surface area (Å²) in [5, 5.41) is 5.33. The SMILES string of the molecule is Cc1c(F)cc(-c2ccccc2)cc1-c1ccccc1.Cc1cc(-c2cccnc2)cc(-c2cccnc2)c1.Cc1ccc(-c2ccccn2)cc1.Cc1ccc2ccccc2c1.Cc1cccc2ccccc12.Cc1ccccc1-c1ccccc1.Cc1ccccn1.Cc1cccnc1. The summed E-state index contributed by atoms with van der Waals surface area (Å²) in [5.41, 5.74) is 22.9. The minimum absolute atomic E-state index is 0.162. The molecule has 11 aromatic carbocycles. The van der Waals surface area contributed by atoms with Crippen LogP contribution in [0.25, 0.3) is 88.4 Å². The number of rotatable bonds is 6. The van der Waals surface area contributed by atoms with Crippen molar-refractivity contribution in [1.82, 2.24) is 24.9 Å². The molecule has 6 heteroatoms. The highest BCUT2D eigenvalue weighted by molar-refractivity contribution is 5.85. The third-order valence-corrected chi connectivity index (χ3v) is 16.4. The Hall–Kier alpha value is -12.4. The number of hydrogen-bond donors (Lipinski definition) is 0. The molecule has 0 radical (unpaired) electrons. The Bertz CT molecular complexity index is 4940. The quantitative estimate of drug-likeness (QED) is 0.166. The van der Waals surface area contributed by atoms with Gasteiger partial charge in [0.2, 0.25) is 0 Å². The Morgan fingerprint density at radius 1 is 0.238 bits per heavy atom. The van der Waals surface area contributed by atoms with Crippen LogP contribution in [0.15, 0.2) is 377 Å². The number of aryl methyl sites for hydroxylation is 7. The van der Waals surface area contributed by atoms with Gasteiger partial charge in [0, 0.05) is 72.0 Å². The standard InChI is InChI=1S/C19H15F.C17H14N2.C13H12.C12H11N.2C11H10.2C6H7N/c1-14-18(16-10-6-3-7-11-16)12-17(13-19(14)20)15-8-4-2-5-9-15;1-13-8-16(14-4-2-6-18-11-14)10-17(9-13)15-5-3-7-19-12-15;1-11-7-5-6-10-13(11)12-8-3-2-4-9-12;1-10-5-7-11(8-6-10)12-4-2-3-9-13-12;1-9-5-4-7-10-6-2-3-8-11(9)10;1-9-6-7-10-4-2-3-5-11(10)8-9;1-6-3-2-4-7-5-6;1-6-4-2-3-5-7-6/h2-13H,1H3;2-12H,1H3;2-10H,1H3;2-9H,1H3;2*2-8H,1H3;2*2-5H,1H3. The molecule has 5 aromatic heterocycles. The fourth-order valence-electron chi connectivity index (χ4n) is 10.9. The van der Waals surface area contributed by atoms with Crippen molar-refractivity contribution in [3.8, 4) is 66.9 Å². The lowest BCUT2D eigenvalue weighted by Crippen LogP contribution is -1.90. The minimum atomic E-state index is -0.162. The van der Waals surface area contributed by atoms with Gasteiger partial charge in [-0.05, 0) is 210 Å². The van der Waals surface area contributed by atoms with E-state index in [1.54, 1.807) is 30.9 Å². The Kier molecular flexibility index (Phi) is 28.2. The summed E-state index contributed by atoms with van der Waals surface area (Å²) in [5.74, 6) is -0.162. The van der Waals surface area contributed by atoms with Crippen molar-refractivity contribution >= 4 is 21.5 Å². The van der Waals surface area contributed by atoms with E-state index in [1.165, 1.54) is 82.7 Å². The van der Waals surface area contributed by atoms with Crippen LogP contribution in [-0.4, -0.2) is 24.9 Å². The fraction of sp³-hybridized carbons (Fsp3) is 0.0842. The summed E-state index contributed by atoms with van der Waals surface area (Å²) in [7, 11) is 0. The highest BCUT2D eigenvalue weighted by Crippen LogP contribution is 2.32. The van der Waals surface area contributed by atoms with Crippen LogP contribution in [0, 0.1) is 61.2 Å². The Morgan fingerprint density at radius 3 is 1.25 bits per heavy atom. The second-order valence-corrected chi connectivity index (χ2v) is 24.3. The summed E-state index contributed by atoms with van der Waals surface area (Å²) >= 11 is 0. The Morgan fingerprint density at radius 2 is 0.723 bits per heavy atom. The maximum absolute atomic E-state index is 14.2. The lowest BCUT2D eigenvalue weighted by molar-refractivity contribution is 0.619. The van der Waals surface area contributed by atoms with E-state index in [0.717, 1.165) is 44.8 Å². The second kappa shape index (κ2) is 39.1. The summed E-state index contributed by atoms with van der Waals surface area (Å²) in [6, 6.07) is 111. The molecular weight excluding hydrogens is 1230 g/mol. The van der Waals surface area contributed by atoms with Gasteiger partial charge in [0.15, 0.2) is 0 Å². The van der Waals surface area contributed by atoms with Gasteiger partial charge in [-0.3, -0.25) is 24.9 Å². The predicted molar refractivity (Wildman–Crippen MR) is 426 cm³/mol. The number of benzene rings is 11. The number of fused-ring (bicyclic) bond motifs is 2. The molecule has 0 spiro atoms. The molecule has 0 aliphatic carbocycles. The van der Waals surface area contributed by atoms with Crippen molar-refractivity contribution in [3.63, 3.8) is 0 Å². The maximum atomic E-state index is 14.2. The van der Waals surface area contributed by atoms with Crippen LogP contribution in [0.3, 0.4) is 0 Å². The van der Waals surface area contributed by atoms with Gasteiger partial charge >= 0.3 is 0 Å². The smallest absolute Gasteiger partial charge is 0.127 e. The first kappa shape index (κ1) is 72.9. The fourth-order valence-corrected chi connectivity index (χ4v) is 10.9. The highest BCUT2D eigenvalue weighted by Gasteiger charge is 2.11. The van der Waals surface area contributed by atoms with Crippen LogP contribution in [0.2, 0.25) is 0 Å². The molecule has 0 aliphatic heterocycles. The molecule has 101 heavy (non-hydrogen) atoms. The van der Waals surface area contributed by atoms with E-state index in [2.05, 4.69) is 254 Å². The first-order chi connectivity index (χ1) is 49.3. The lowest BCUT2D eigenvalue weighted by Gasteiger charge is -2.11. The average molecular weight is 1320 g/mol. The number of pyridine rings is 5. The first-order valence-corrected chi connectivity index (χ1v) is 33.9. The van der Waals surface area contributed by atoms with E-state index < -0.39 is 0 Å². The molecular formula is C95H86FN5. The van der Waals surface area contributed by atoms with Gasteiger partial charge in [0.25, 0.3) is 0 Å². The number of halogens is 1. The van der Waals surface area contributed by atoms with Crippen LogP contribution in [-0.2, 0) is 0 Å². The molecule has 0 bridgehead atoms. The van der Waals surface area contributed by atoms with E-state index in [0.29, 0.717) is 5.56 Å². The average Bonchev–Trinajstić information content (AvgIpc) is 0.822. The largest absolute Gasteiger partial charge is 0.264 e. The lowest BCUT2D eigenvalue weighted by atomic mass is 9.95. The van der Waals surface area contributed by atoms with Crippen molar-refractivity contribution < 1.29 is 4.39 Å². The van der Waals surface area contributed by atoms with E-state index in [4.69, 9.17) is 0 Å². The molecule has 0 fully saturated rings. The van der Waals surface area contributed by atoms with Crippen LogP contribution >= 0.6 is 0 Å². The van der Waals surface area contributed by atoms with Crippen molar-refractivity contribution in [2.75, 3.05) is 0 Å². The van der Waals surface area contributed by atoms with Crippen LogP contribution in [0.1, 0.15) is 44.6 Å². The zero-order valence-corrected chi connectivity index (χ0v) is 58.9. The molecule has 16 rings (SSSR count). The molecule has 0 N–H and O–H groups in total. The van der Waals surface area contributed by atoms with E-state index >= 15 is 0 Å². The molecule has 0 atom stereocenters. The van der Waals surface area contributed by atoms with Crippen molar-refractivity contribution in [1.29, 1.82) is 0 Å². The van der Waals surface area contributed by atoms with E-state index in [1.807, 2.05) is 173 Å². The second-order valence-electron chi connectivity index (χ2n) is 24.3. The Balaban J connectivity index is 0.000000138. The number of aromatic nitrogens is 5. The zero-order chi connectivity index (χ0) is 70.8. The van der Waals surface area contributed by atoms with Gasteiger partial charge in [0.05, 0.1) is 5.69 Å². The topological polar surface area (TPSA) is 64.5 Å². The van der Waals surface area contributed by atoms with Gasteiger partial charge in [-0.25, -0.2) is 4.39 Å². The summed E-state index contributed by atoms with van der Waals surface area (Å²) in [4.78, 5) is 20.5. The third kappa shape index (κ3) is 23.4. The normalized spacial score (nSPS) is 10.0. The molecule has 5 heterocycles. The summed E-state index contributed by atoms with van der Waals surface area (Å²) in [6.45, 7) is 16.4. The van der Waals surface area contributed by atoms with Crippen molar-refractivity contribution in [2.24, 2.45) is 0 Å². The molecule has 5 nitrogen and oxygen atoms in total. The first-order valence-electron chi connectivity index (χ1n) is 33.9. The molecule has 498 valence electrons. The third-order valence-electron chi connectivity index (χ3n) is 16.4. The molecule has 0 unspecified atom stereocenters. The molecule has 0 amide bonds. The van der Waals surface area contributed by atoms with Gasteiger partial charge in [-0.15, -0.1) is 0 Å². The molecule has 0 saturated heterocycles. The molecule has 16 aromatic rings. The maximum Gasteiger partial charge on any atom is 0.127 e. The van der Waals surface area contributed by atoms with Crippen LogP contribution < -0.4 is 0 Å². The van der Waals surface area contributed by atoms with Crippen LogP contribution in [0.4, 0.5) is 4.39 Å². The summed E-state index contributed by atoms with van der Waals surface area (Å²) < 4.78 is 14.2.